The number of carbonyl (C=O) groups excluding carboxylic acids is 4. The van der Waals surface area contributed by atoms with Gasteiger partial charge in [0.15, 0.2) is 6.10 Å². The van der Waals surface area contributed by atoms with Gasteiger partial charge in [-0.05, 0) is 13.3 Å². The molecule has 2 unspecified atom stereocenters. The summed E-state index contributed by atoms with van der Waals surface area (Å²) >= 11 is 0. The number of esters is 1. The lowest BCUT2D eigenvalue weighted by atomic mass is 9.99. The normalized spacial score (nSPS) is 22.8. The Bertz CT molecular complexity index is 466. The first-order valence-corrected chi connectivity index (χ1v) is 6.42. The summed E-state index contributed by atoms with van der Waals surface area (Å²) in [6.45, 7) is 2.48. The van der Waals surface area contributed by atoms with E-state index in [2.05, 4.69) is 15.4 Å². The van der Waals surface area contributed by atoms with E-state index in [1.54, 1.807) is 13.8 Å². The first kappa shape index (κ1) is 16.9. The Labute approximate surface area is 121 Å². The molecule has 1 fully saturated rings. The van der Waals surface area contributed by atoms with Crippen LogP contribution >= 0.6 is 0 Å². The maximum atomic E-state index is 12.0. The molecule has 0 aromatic heterocycles. The van der Waals surface area contributed by atoms with E-state index in [9.17, 15) is 24.3 Å². The molecule has 1 heterocycles. The molecule has 0 bridgehead atoms. The molecule has 21 heavy (non-hydrogen) atoms. The Morgan fingerprint density at radius 2 is 2.10 bits per heavy atom. The van der Waals surface area contributed by atoms with Crippen LogP contribution in [-0.2, 0) is 19.1 Å². The Balaban J connectivity index is 2.54. The number of ether oxygens (including phenoxy) is 1. The van der Waals surface area contributed by atoms with Crippen LogP contribution in [0.5, 0.6) is 0 Å². The molecule has 0 aromatic carbocycles. The number of rotatable bonds is 6. The number of carbonyl (C=O) groups is 4. The zero-order chi connectivity index (χ0) is 16.2. The van der Waals surface area contributed by atoms with E-state index in [4.69, 9.17) is 0 Å². The van der Waals surface area contributed by atoms with E-state index in [1.807, 2.05) is 0 Å². The van der Waals surface area contributed by atoms with Gasteiger partial charge in [-0.25, -0.2) is 9.59 Å². The van der Waals surface area contributed by atoms with E-state index >= 15 is 0 Å². The molecule has 2 atom stereocenters. The van der Waals surface area contributed by atoms with Gasteiger partial charge in [0.25, 0.3) is 5.91 Å². The van der Waals surface area contributed by atoms with Crippen LogP contribution in [0.25, 0.3) is 0 Å². The maximum Gasteiger partial charge on any atom is 0.336 e. The van der Waals surface area contributed by atoms with Crippen molar-refractivity contribution in [1.29, 1.82) is 0 Å². The van der Waals surface area contributed by atoms with Gasteiger partial charge >= 0.3 is 12.0 Å². The average molecular weight is 301 g/mol. The standard InChI is InChI=1S/C12H19N3O6/c1-4-12(2)10(19)15(11(20)14-12)6-8(17)13-5-7(16)9(18)21-3/h7,16H,4-6H2,1-3H3,(H,13,17)(H,14,20). The number of hydrogen-bond donors (Lipinski definition) is 3. The summed E-state index contributed by atoms with van der Waals surface area (Å²) in [6, 6.07) is -0.645. The number of nitrogens with zero attached hydrogens (tertiary/aromatic N) is 1. The number of aliphatic hydroxyl groups excluding tert-OH is 1. The average Bonchev–Trinajstić information content (AvgIpc) is 2.68. The third-order valence-electron chi connectivity index (χ3n) is 3.32. The summed E-state index contributed by atoms with van der Waals surface area (Å²) in [5, 5.41) is 14.1. The Morgan fingerprint density at radius 3 is 2.57 bits per heavy atom. The smallest absolute Gasteiger partial charge is 0.336 e. The van der Waals surface area contributed by atoms with Gasteiger partial charge in [0.2, 0.25) is 5.91 Å². The van der Waals surface area contributed by atoms with Gasteiger partial charge < -0.3 is 20.5 Å². The van der Waals surface area contributed by atoms with Crippen molar-refractivity contribution >= 4 is 23.8 Å². The molecule has 0 saturated carbocycles. The molecule has 4 amide bonds. The molecular weight excluding hydrogens is 282 g/mol. The van der Waals surface area contributed by atoms with E-state index in [-0.39, 0.29) is 6.54 Å². The van der Waals surface area contributed by atoms with Crippen molar-refractivity contribution < 1.29 is 29.0 Å². The predicted octanol–water partition coefficient (Wildman–Crippen LogP) is -1.64. The van der Waals surface area contributed by atoms with Crippen molar-refractivity contribution in [2.45, 2.75) is 31.9 Å². The van der Waals surface area contributed by atoms with Crippen LogP contribution in [0.15, 0.2) is 0 Å². The molecule has 1 saturated heterocycles. The molecule has 0 radical (unpaired) electrons. The fourth-order valence-corrected chi connectivity index (χ4v) is 1.76. The Kier molecular flexibility index (Phi) is 5.25. The van der Waals surface area contributed by atoms with Gasteiger partial charge in [-0.1, -0.05) is 6.92 Å². The number of aliphatic hydroxyl groups is 1. The fraction of sp³-hybridized carbons (Fsp3) is 0.667. The van der Waals surface area contributed by atoms with Crippen molar-refractivity contribution in [2.24, 2.45) is 0 Å². The van der Waals surface area contributed by atoms with Gasteiger partial charge in [0, 0.05) is 0 Å². The minimum absolute atomic E-state index is 0.361. The van der Waals surface area contributed by atoms with Crippen LogP contribution in [0.3, 0.4) is 0 Å². The maximum absolute atomic E-state index is 12.0. The molecule has 9 heteroatoms. The largest absolute Gasteiger partial charge is 0.467 e. The van der Waals surface area contributed by atoms with Crippen molar-refractivity contribution in [3.8, 4) is 0 Å². The zero-order valence-electron chi connectivity index (χ0n) is 12.1. The molecule has 118 valence electrons. The lowest BCUT2D eigenvalue weighted by Crippen LogP contribution is -2.46. The van der Waals surface area contributed by atoms with Crippen LogP contribution in [-0.4, -0.2) is 65.7 Å². The Hall–Kier alpha value is -2.16. The van der Waals surface area contributed by atoms with Gasteiger partial charge in [0.1, 0.15) is 12.1 Å². The summed E-state index contributed by atoms with van der Waals surface area (Å²) in [7, 11) is 1.10. The Morgan fingerprint density at radius 1 is 1.48 bits per heavy atom. The minimum atomic E-state index is -1.50. The summed E-state index contributed by atoms with van der Waals surface area (Å²) in [5.74, 6) is -2.04. The van der Waals surface area contributed by atoms with Gasteiger partial charge in [0.05, 0.1) is 13.7 Å². The summed E-state index contributed by atoms with van der Waals surface area (Å²) in [5.41, 5.74) is -1.01. The summed E-state index contributed by atoms with van der Waals surface area (Å²) in [4.78, 5) is 47.1. The fourth-order valence-electron chi connectivity index (χ4n) is 1.76. The molecule has 0 spiro atoms. The van der Waals surface area contributed by atoms with E-state index in [0.717, 1.165) is 12.0 Å². The molecule has 3 N–H and O–H groups in total. The van der Waals surface area contributed by atoms with Gasteiger partial charge in [-0.3, -0.25) is 14.5 Å². The van der Waals surface area contributed by atoms with Crippen LogP contribution in [0.4, 0.5) is 4.79 Å². The second-order valence-corrected chi connectivity index (χ2v) is 4.85. The van der Waals surface area contributed by atoms with Crippen molar-refractivity contribution in [3.05, 3.63) is 0 Å². The summed E-state index contributed by atoms with van der Waals surface area (Å²) in [6.07, 6.45) is -1.10. The number of urea groups is 1. The lowest BCUT2D eigenvalue weighted by molar-refractivity contribution is -0.150. The third kappa shape index (κ3) is 3.69. The lowest BCUT2D eigenvalue weighted by Gasteiger charge is -2.19. The number of nitrogens with one attached hydrogen (secondary N) is 2. The highest BCUT2D eigenvalue weighted by atomic mass is 16.5. The molecule has 1 aliphatic rings. The number of hydrogen-bond acceptors (Lipinski definition) is 6. The molecule has 1 aliphatic heterocycles. The topological polar surface area (TPSA) is 125 Å². The second-order valence-electron chi connectivity index (χ2n) is 4.85. The van der Waals surface area contributed by atoms with E-state index < -0.39 is 42.0 Å². The zero-order valence-corrected chi connectivity index (χ0v) is 12.1. The molecule has 9 nitrogen and oxygen atoms in total. The first-order chi connectivity index (χ1) is 9.75. The third-order valence-corrected chi connectivity index (χ3v) is 3.32. The van der Waals surface area contributed by atoms with Crippen LogP contribution in [0, 0.1) is 0 Å². The summed E-state index contributed by atoms with van der Waals surface area (Å²) < 4.78 is 4.28. The van der Waals surface area contributed by atoms with Crippen molar-refractivity contribution in [3.63, 3.8) is 0 Å². The SMILES string of the molecule is CCC1(C)NC(=O)N(CC(=O)NCC(O)C(=O)OC)C1=O. The number of amides is 4. The molecule has 0 aliphatic carbocycles. The highest BCUT2D eigenvalue weighted by Gasteiger charge is 2.46. The minimum Gasteiger partial charge on any atom is -0.467 e. The quantitative estimate of drug-likeness (QED) is 0.399. The van der Waals surface area contributed by atoms with Gasteiger partial charge in [-0.15, -0.1) is 0 Å². The molecule has 0 aromatic rings. The van der Waals surface area contributed by atoms with Crippen LogP contribution in [0.2, 0.25) is 0 Å². The first-order valence-electron chi connectivity index (χ1n) is 6.42. The van der Waals surface area contributed by atoms with Crippen LogP contribution in [0.1, 0.15) is 20.3 Å². The molecule has 1 rings (SSSR count). The van der Waals surface area contributed by atoms with Crippen molar-refractivity contribution in [2.75, 3.05) is 20.2 Å². The number of methoxy groups -OCH3 is 1. The van der Waals surface area contributed by atoms with Crippen molar-refractivity contribution in [1.82, 2.24) is 15.5 Å². The highest BCUT2D eigenvalue weighted by molar-refractivity contribution is 6.08. The highest BCUT2D eigenvalue weighted by Crippen LogP contribution is 2.20. The van der Waals surface area contributed by atoms with Gasteiger partial charge in [-0.2, -0.15) is 0 Å². The predicted molar refractivity (Wildman–Crippen MR) is 70.0 cm³/mol. The van der Waals surface area contributed by atoms with Crippen LogP contribution < -0.4 is 10.6 Å². The number of imide groups is 1. The van der Waals surface area contributed by atoms with E-state index in [1.165, 1.54) is 0 Å². The monoisotopic (exact) mass is 301 g/mol. The molecular formula is C12H19N3O6. The van der Waals surface area contributed by atoms with E-state index in [0.29, 0.717) is 6.42 Å². The second kappa shape index (κ2) is 6.53.